The van der Waals surface area contributed by atoms with Crippen molar-refractivity contribution in [2.75, 3.05) is 20.1 Å². The average Bonchev–Trinajstić information content (AvgIpc) is 3.02. The SMILES string of the molecule is CN/C=N\C(=N)c1cnc(C2=CCN(C(=O)C(C)Cl)CC2)s1. The molecule has 0 saturated heterocycles. The number of amides is 1. The van der Waals surface area contributed by atoms with Gasteiger partial charge in [0, 0.05) is 26.3 Å². The first-order valence-electron chi connectivity index (χ1n) is 6.89. The normalized spacial score (nSPS) is 16.5. The van der Waals surface area contributed by atoms with Crippen molar-refractivity contribution in [3.05, 3.63) is 22.2 Å². The molecule has 0 spiro atoms. The first kappa shape index (κ1) is 16.6. The fraction of sp³-hybridized carbons (Fsp3) is 0.429. The number of nitrogens with zero attached hydrogens (tertiary/aromatic N) is 3. The highest BCUT2D eigenvalue weighted by atomic mass is 35.5. The minimum absolute atomic E-state index is 0.0417. The molecular formula is C14H18ClN5OS. The molecule has 0 saturated carbocycles. The maximum Gasteiger partial charge on any atom is 0.240 e. The molecule has 1 aliphatic rings. The van der Waals surface area contributed by atoms with Crippen LogP contribution in [0, 0.1) is 5.41 Å². The Labute approximate surface area is 138 Å². The van der Waals surface area contributed by atoms with Crippen LogP contribution < -0.4 is 5.32 Å². The maximum atomic E-state index is 11.8. The first-order chi connectivity index (χ1) is 10.5. The van der Waals surface area contributed by atoms with Crippen molar-refractivity contribution < 1.29 is 4.79 Å². The Bertz CT molecular complexity index is 623. The minimum atomic E-state index is -0.494. The van der Waals surface area contributed by atoms with E-state index in [-0.39, 0.29) is 11.7 Å². The lowest BCUT2D eigenvalue weighted by Gasteiger charge is -2.26. The van der Waals surface area contributed by atoms with Gasteiger partial charge in [0.2, 0.25) is 5.91 Å². The molecule has 0 radical (unpaired) electrons. The fourth-order valence-electron chi connectivity index (χ4n) is 2.04. The molecule has 1 unspecified atom stereocenters. The number of alkyl halides is 1. The van der Waals surface area contributed by atoms with E-state index in [4.69, 9.17) is 17.0 Å². The Morgan fingerprint density at radius 1 is 1.68 bits per heavy atom. The van der Waals surface area contributed by atoms with Crippen molar-refractivity contribution in [3.63, 3.8) is 0 Å². The average molecular weight is 340 g/mol. The highest BCUT2D eigenvalue weighted by Gasteiger charge is 2.22. The predicted octanol–water partition coefficient (Wildman–Crippen LogP) is 1.96. The molecule has 2 heterocycles. The van der Waals surface area contributed by atoms with E-state index in [0.29, 0.717) is 13.1 Å². The zero-order valence-corrected chi connectivity index (χ0v) is 14.0. The smallest absolute Gasteiger partial charge is 0.240 e. The van der Waals surface area contributed by atoms with Crippen LogP contribution in [0.1, 0.15) is 23.2 Å². The molecule has 22 heavy (non-hydrogen) atoms. The summed E-state index contributed by atoms with van der Waals surface area (Å²) < 4.78 is 0. The highest BCUT2D eigenvalue weighted by Crippen LogP contribution is 2.27. The van der Waals surface area contributed by atoms with Crippen molar-refractivity contribution in [2.24, 2.45) is 4.99 Å². The molecule has 2 N–H and O–H groups in total. The van der Waals surface area contributed by atoms with Crippen molar-refractivity contribution in [2.45, 2.75) is 18.7 Å². The molecule has 0 bridgehead atoms. The molecular weight excluding hydrogens is 322 g/mol. The minimum Gasteiger partial charge on any atom is -0.379 e. The Morgan fingerprint density at radius 2 is 2.45 bits per heavy atom. The largest absolute Gasteiger partial charge is 0.379 e. The summed E-state index contributed by atoms with van der Waals surface area (Å²) in [6.07, 6.45) is 5.88. The van der Waals surface area contributed by atoms with Gasteiger partial charge < -0.3 is 10.2 Å². The van der Waals surface area contributed by atoms with Crippen LogP contribution in [0.5, 0.6) is 0 Å². The van der Waals surface area contributed by atoms with Gasteiger partial charge in [0.15, 0.2) is 5.84 Å². The first-order valence-corrected chi connectivity index (χ1v) is 8.15. The summed E-state index contributed by atoms with van der Waals surface area (Å²) in [4.78, 5) is 22.6. The van der Waals surface area contributed by atoms with Crippen molar-refractivity contribution >= 4 is 46.6 Å². The monoisotopic (exact) mass is 339 g/mol. The number of rotatable bonds is 4. The van der Waals surface area contributed by atoms with Crippen molar-refractivity contribution in [3.8, 4) is 0 Å². The van der Waals surface area contributed by atoms with Crippen LogP contribution >= 0.6 is 22.9 Å². The number of thiazole rings is 1. The van der Waals surface area contributed by atoms with Crippen LogP contribution in [0.2, 0.25) is 0 Å². The molecule has 0 aliphatic carbocycles. The summed E-state index contributed by atoms with van der Waals surface area (Å²) in [5.41, 5.74) is 1.10. The maximum absolute atomic E-state index is 11.8. The lowest BCUT2D eigenvalue weighted by molar-refractivity contribution is -0.130. The van der Waals surface area contributed by atoms with Gasteiger partial charge in [-0.1, -0.05) is 6.08 Å². The number of aromatic nitrogens is 1. The van der Waals surface area contributed by atoms with Gasteiger partial charge in [-0.15, -0.1) is 22.9 Å². The number of nitrogens with one attached hydrogen (secondary N) is 2. The number of aliphatic imine (C=N–C) groups is 1. The summed E-state index contributed by atoms with van der Waals surface area (Å²) in [5.74, 6) is 0.141. The summed E-state index contributed by atoms with van der Waals surface area (Å²) in [6, 6.07) is 0. The second kappa shape index (κ2) is 7.51. The third kappa shape index (κ3) is 3.92. The van der Waals surface area contributed by atoms with E-state index in [2.05, 4.69) is 15.3 Å². The van der Waals surface area contributed by atoms with Gasteiger partial charge in [-0.05, 0) is 18.9 Å². The van der Waals surface area contributed by atoms with Crippen LogP contribution in [-0.4, -0.2) is 53.5 Å². The number of carbonyl (C=O) groups is 1. The second-order valence-corrected chi connectivity index (χ2v) is 6.49. The van der Waals surface area contributed by atoms with Gasteiger partial charge in [0.1, 0.15) is 10.4 Å². The topological polar surface area (TPSA) is 81.4 Å². The second-order valence-electron chi connectivity index (χ2n) is 4.80. The molecule has 1 aliphatic heterocycles. The third-order valence-corrected chi connectivity index (χ3v) is 4.46. The quantitative estimate of drug-likeness (QED) is 0.500. The molecule has 1 amide bonds. The summed E-state index contributed by atoms with van der Waals surface area (Å²) in [7, 11) is 1.73. The van der Waals surface area contributed by atoms with E-state index < -0.39 is 5.38 Å². The van der Waals surface area contributed by atoms with Crippen LogP contribution in [0.4, 0.5) is 0 Å². The summed E-state index contributed by atoms with van der Waals surface area (Å²) >= 11 is 7.27. The van der Waals surface area contributed by atoms with Gasteiger partial charge in [-0.3, -0.25) is 10.2 Å². The number of carbonyl (C=O) groups excluding carboxylic acids is 1. The molecule has 1 aromatic heterocycles. The Morgan fingerprint density at radius 3 is 3.05 bits per heavy atom. The Balaban J connectivity index is 2.05. The van der Waals surface area contributed by atoms with Crippen LogP contribution in [0.15, 0.2) is 17.3 Å². The van der Waals surface area contributed by atoms with Gasteiger partial charge in [-0.25, -0.2) is 9.98 Å². The number of hydrogen-bond donors (Lipinski definition) is 2. The van der Waals surface area contributed by atoms with E-state index in [0.717, 1.165) is 21.9 Å². The number of halogens is 1. The van der Waals surface area contributed by atoms with E-state index in [9.17, 15) is 4.79 Å². The fourth-order valence-corrected chi connectivity index (χ4v) is 3.06. The predicted molar refractivity (Wildman–Crippen MR) is 91.0 cm³/mol. The number of amidine groups is 1. The standard InChI is InChI=1S/C14H18ClN5OS/c1-9(15)14(21)20-5-3-10(4-6-20)13-18-7-11(22-13)12(16)19-8-17-2/h3,7-9H,4-6H2,1-2H3,(H2,16,17,19). The zero-order chi connectivity index (χ0) is 16.1. The molecule has 6 nitrogen and oxygen atoms in total. The highest BCUT2D eigenvalue weighted by molar-refractivity contribution is 7.14. The Hall–Kier alpha value is -1.73. The zero-order valence-electron chi connectivity index (χ0n) is 12.5. The van der Waals surface area contributed by atoms with Crippen molar-refractivity contribution in [1.82, 2.24) is 15.2 Å². The van der Waals surface area contributed by atoms with Gasteiger partial charge in [-0.2, -0.15) is 0 Å². The number of hydrogen-bond acceptors (Lipinski definition) is 4. The molecule has 1 atom stereocenters. The van der Waals surface area contributed by atoms with Gasteiger partial charge >= 0.3 is 0 Å². The van der Waals surface area contributed by atoms with Crippen LogP contribution in [0.25, 0.3) is 5.57 Å². The van der Waals surface area contributed by atoms with Crippen LogP contribution in [0.3, 0.4) is 0 Å². The summed E-state index contributed by atoms with van der Waals surface area (Å²) in [6.45, 7) is 2.88. The molecule has 118 valence electrons. The van der Waals surface area contributed by atoms with Crippen LogP contribution in [-0.2, 0) is 4.79 Å². The molecule has 2 rings (SSSR count). The third-order valence-electron chi connectivity index (χ3n) is 3.20. The van der Waals surface area contributed by atoms with Gasteiger partial charge in [0.05, 0.1) is 11.2 Å². The molecule has 0 aromatic carbocycles. The molecule has 8 heteroatoms. The lowest BCUT2D eigenvalue weighted by atomic mass is 10.1. The van der Waals surface area contributed by atoms with E-state index in [1.165, 1.54) is 17.7 Å². The van der Waals surface area contributed by atoms with E-state index in [1.807, 2.05) is 6.08 Å². The summed E-state index contributed by atoms with van der Waals surface area (Å²) in [5, 5.41) is 11.0. The van der Waals surface area contributed by atoms with E-state index >= 15 is 0 Å². The van der Waals surface area contributed by atoms with E-state index in [1.54, 1.807) is 25.1 Å². The Kier molecular flexibility index (Phi) is 5.68. The van der Waals surface area contributed by atoms with Gasteiger partial charge in [0.25, 0.3) is 0 Å². The lowest BCUT2D eigenvalue weighted by Crippen LogP contribution is -2.38. The molecule has 0 fully saturated rings. The van der Waals surface area contributed by atoms with Crippen molar-refractivity contribution in [1.29, 1.82) is 5.41 Å². The molecule has 1 aromatic rings.